The molecule has 0 spiro atoms. The number of nitro groups is 1. The maximum Gasteiger partial charge on any atom is 0.273 e. The summed E-state index contributed by atoms with van der Waals surface area (Å²) in [4.78, 5) is 33.3. The zero-order valence-electron chi connectivity index (χ0n) is 18.5. The maximum absolute atomic E-state index is 13.7. The van der Waals surface area contributed by atoms with Gasteiger partial charge in [0.2, 0.25) is 0 Å². The third kappa shape index (κ3) is 4.50. The standard InChI is InChI=1S/C23H26N4O4S/c1-15-13-16(2)21-19(14-15)24-23(32-21)26(8-7-25-9-11-31-12-10-25)22(28)18-5-4-6-20(17(18)3)27(29)30/h4-6,13-14H,7-12H2,1-3H3. The van der Waals surface area contributed by atoms with Gasteiger partial charge in [0.15, 0.2) is 5.13 Å². The van der Waals surface area contributed by atoms with Gasteiger partial charge in [-0.1, -0.05) is 23.5 Å². The Hall–Kier alpha value is -2.88. The Morgan fingerprint density at radius 3 is 2.72 bits per heavy atom. The van der Waals surface area contributed by atoms with Crippen LogP contribution in [0.2, 0.25) is 0 Å². The summed E-state index contributed by atoms with van der Waals surface area (Å²) < 4.78 is 6.47. The summed E-state index contributed by atoms with van der Waals surface area (Å²) in [5.74, 6) is -0.270. The highest BCUT2D eigenvalue weighted by Crippen LogP contribution is 2.33. The summed E-state index contributed by atoms with van der Waals surface area (Å²) >= 11 is 1.48. The Kier molecular flexibility index (Phi) is 6.50. The molecule has 1 fully saturated rings. The molecule has 2 heterocycles. The molecule has 2 aromatic carbocycles. The first-order valence-corrected chi connectivity index (χ1v) is 11.4. The van der Waals surface area contributed by atoms with Crippen molar-refractivity contribution in [2.24, 2.45) is 0 Å². The fourth-order valence-corrected chi connectivity index (χ4v) is 5.07. The molecule has 1 saturated heterocycles. The number of amides is 1. The van der Waals surface area contributed by atoms with E-state index < -0.39 is 4.92 Å². The molecular formula is C23H26N4O4S. The summed E-state index contributed by atoms with van der Waals surface area (Å²) in [5, 5.41) is 12.0. The molecular weight excluding hydrogens is 428 g/mol. The number of nitro benzene ring substituents is 1. The molecule has 1 aliphatic heterocycles. The van der Waals surface area contributed by atoms with Crippen molar-refractivity contribution in [2.75, 3.05) is 44.3 Å². The quantitative estimate of drug-likeness (QED) is 0.411. The number of nitrogens with zero attached hydrogens (tertiary/aromatic N) is 4. The van der Waals surface area contributed by atoms with Crippen LogP contribution >= 0.6 is 11.3 Å². The molecule has 0 atom stereocenters. The summed E-state index contributed by atoms with van der Waals surface area (Å²) in [6, 6.07) is 8.76. The van der Waals surface area contributed by atoms with Crippen LogP contribution in [0.1, 0.15) is 27.0 Å². The number of hydrogen-bond donors (Lipinski definition) is 0. The predicted octanol–water partition coefficient (Wildman–Crippen LogP) is 4.11. The van der Waals surface area contributed by atoms with Crippen LogP contribution in [0, 0.1) is 30.9 Å². The number of ether oxygens (including phenoxy) is 1. The lowest BCUT2D eigenvalue weighted by atomic mass is 10.1. The van der Waals surface area contributed by atoms with Gasteiger partial charge in [-0.25, -0.2) is 4.98 Å². The van der Waals surface area contributed by atoms with Gasteiger partial charge >= 0.3 is 0 Å². The first-order valence-electron chi connectivity index (χ1n) is 10.6. The number of aryl methyl sites for hydroxylation is 2. The largest absolute Gasteiger partial charge is 0.379 e. The van der Waals surface area contributed by atoms with Crippen molar-refractivity contribution in [2.45, 2.75) is 20.8 Å². The lowest BCUT2D eigenvalue weighted by Gasteiger charge is -2.29. The number of thiazole rings is 1. The van der Waals surface area contributed by atoms with Crippen molar-refractivity contribution in [1.82, 2.24) is 9.88 Å². The first kappa shape index (κ1) is 22.3. The Morgan fingerprint density at radius 2 is 2.00 bits per heavy atom. The van der Waals surface area contributed by atoms with Gasteiger partial charge in [0.05, 0.1) is 28.4 Å². The lowest BCUT2D eigenvalue weighted by molar-refractivity contribution is -0.385. The van der Waals surface area contributed by atoms with Crippen molar-refractivity contribution in [3.8, 4) is 0 Å². The summed E-state index contributed by atoms with van der Waals surface area (Å²) in [5.41, 5.74) is 3.74. The van der Waals surface area contributed by atoms with Crippen LogP contribution in [0.4, 0.5) is 10.8 Å². The van der Waals surface area contributed by atoms with Crippen LogP contribution in [0.15, 0.2) is 30.3 Å². The fourth-order valence-electron chi connectivity index (χ4n) is 4.03. The number of benzene rings is 2. The zero-order chi connectivity index (χ0) is 22.8. The van der Waals surface area contributed by atoms with E-state index in [1.165, 1.54) is 17.4 Å². The third-order valence-corrected chi connectivity index (χ3v) is 6.99. The molecule has 168 valence electrons. The second-order valence-electron chi connectivity index (χ2n) is 8.04. The number of fused-ring (bicyclic) bond motifs is 1. The SMILES string of the molecule is Cc1cc(C)c2sc(N(CCN3CCOCC3)C(=O)c3cccc([N+](=O)[O-])c3C)nc2c1. The van der Waals surface area contributed by atoms with Crippen molar-refractivity contribution >= 4 is 38.3 Å². The smallest absolute Gasteiger partial charge is 0.273 e. The zero-order valence-corrected chi connectivity index (χ0v) is 19.3. The van der Waals surface area contributed by atoms with E-state index in [0.717, 1.165) is 34.4 Å². The minimum Gasteiger partial charge on any atom is -0.379 e. The second kappa shape index (κ2) is 9.32. The number of anilines is 1. The number of rotatable bonds is 6. The molecule has 8 nitrogen and oxygen atoms in total. The highest BCUT2D eigenvalue weighted by atomic mass is 32.1. The van der Waals surface area contributed by atoms with E-state index in [9.17, 15) is 14.9 Å². The maximum atomic E-state index is 13.7. The Labute approximate surface area is 190 Å². The lowest BCUT2D eigenvalue weighted by Crippen LogP contribution is -2.43. The number of carbonyl (C=O) groups is 1. The van der Waals surface area contributed by atoms with E-state index in [4.69, 9.17) is 9.72 Å². The molecule has 0 bridgehead atoms. The van der Waals surface area contributed by atoms with Crippen LogP contribution in [-0.2, 0) is 4.74 Å². The molecule has 0 radical (unpaired) electrons. The monoisotopic (exact) mass is 454 g/mol. The fraction of sp³-hybridized carbons (Fsp3) is 0.391. The van der Waals surface area contributed by atoms with Crippen molar-refractivity contribution in [3.63, 3.8) is 0 Å². The van der Waals surface area contributed by atoms with Gasteiger partial charge in [-0.2, -0.15) is 0 Å². The molecule has 1 aromatic heterocycles. The minimum absolute atomic E-state index is 0.0558. The number of carbonyl (C=O) groups excluding carboxylic acids is 1. The molecule has 32 heavy (non-hydrogen) atoms. The molecule has 9 heteroatoms. The Morgan fingerprint density at radius 1 is 1.25 bits per heavy atom. The van der Waals surface area contributed by atoms with E-state index in [0.29, 0.717) is 42.6 Å². The molecule has 0 aliphatic carbocycles. The third-order valence-electron chi connectivity index (χ3n) is 5.76. The van der Waals surface area contributed by atoms with Crippen LogP contribution in [-0.4, -0.2) is 60.1 Å². The average molecular weight is 455 g/mol. The van der Waals surface area contributed by atoms with E-state index in [-0.39, 0.29) is 11.6 Å². The Balaban J connectivity index is 1.72. The molecule has 4 rings (SSSR count). The van der Waals surface area contributed by atoms with E-state index in [2.05, 4.69) is 11.0 Å². The van der Waals surface area contributed by atoms with E-state index >= 15 is 0 Å². The van der Waals surface area contributed by atoms with Gasteiger partial charge in [-0.05, 0) is 44.0 Å². The van der Waals surface area contributed by atoms with E-state index in [1.807, 2.05) is 19.9 Å². The molecule has 0 unspecified atom stereocenters. The molecule has 3 aromatic rings. The highest BCUT2D eigenvalue weighted by molar-refractivity contribution is 7.22. The van der Waals surface area contributed by atoms with Crippen LogP contribution in [0.3, 0.4) is 0 Å². The van der Waals surface area contributed by atoms with Crippen molar-refractivity contribution in [3.05, 3.63) is 62.7 Å². The topological polar surface area (TPSA) is 88.8 Å². The molecule has 0 N–H and O–H groups in total. The van der Waals surface area contributed by atoms with Gasteiger partial charge in [-0.3, -0.25) is 24.7 Å². The molecule has 1 amide bonds. The van der Waals surface area contributed by atoms with Gasteiger partial charge < -0.3 is 4.74 Å². The normalized spacial score (nSPS) is 14.6. The van der Waals surface area contributed by atoms with Crippen LogP contribution < -0.4 is 4.90 Å². The molecule has 1 aliphatic rings. The van der Waals surface area contributed by atoms with Gasteiger partial charge in [0.25, 0.3) is 11.6 Å². The number of hydrogen-bond acceptors (Lipinski definition) is 7. The van der Waals surface area contributed by atoms with E-state index in [1.54, 1.807) is 24.0 Å². The Bertz CT molecular complexity index is 1170. The number of aromatic nitrogens is 1. The second-order valence-corrected chi connectivity index (χ2v) is 9.02. The summed E-state index contributed by atoms with van der Waals surface area (Å²) in [6.07, 6.45) is 0. The minimum atomic E-state index is -0.450. The van der Waals surface area contributed by atoms with Gasteiger partial charge in [-0.15, -0.1) is 0 Å². The summed E-state index contributed by atoms with van der Waals surface area (Å²) in [6.45, 7) is 9.80. The summed E-state index contributed by atoms with van der Waals surface area (Å²) in [7, 11) is 0. The van der Waals surface area contributed by atoms with Gasteiger partial charge in [0, 0.05) is 43.4 Å². The van der Waals surface area contributed by atoms with Crippen LogP contribution in [0.5, 0.6) is 0 Å². The first-order chi connectivity index (χ1) is 15.3. The predicted molar refractivity (Wildman–Crippen MR) is 126 cm³/mol. The average Bonchev–Trinajstić information content (AvgIpc) is 3.18. The van der Waals surface area contributed by atoms with Crippen LogP contribution in [0.25, 0.3) is 10.2 Å². The highest BCUT2D eigenvalue weighted by Gasteiger charge is 2.26. The number of morpholine rings is 1. The van der Waals surface area contributed by atoms with Crippen molar-refractivity contribution in [1.29, 1.82) is 0 Å². The van der Waals surface area contributed by atoms with Gasteiger partial charge in [0.1, 0.15) is 0 Å². The van der Waals surface area contributed by atoms with Crippen molar-refractivity contribution < 1.29 is 14.5 Å². The molecule has 0 saturated carbocycles.